The average Bonchev–Trinajstić information content (AvgIpc) is 2.97. The lowest BCUT2D eigenvalue weighted by Crippen LogP contribution is -2.52. The zero-order chi connectivity index (χ0) is 31.6. The standard InChI is InChI=1S/C30H39BrClFN8O2S/c1-19-15-26(23(32)16-27(19)40-13-10-20(11-14-40)41-12-6-7-21(18-41)39(2)3)35-30-34-17-22(31)29(37-30)36-28-24(33)8-5-9-25(28)38-44(4,42)43/h5,8-9,15-17,20-21,38H,6-7,10-14,18H2,1-4H3,(H2,34,35,36,37). The molecule has 0 saturated carbocycles. The SMILES string of the molecule is Cc1cc(Nc2ncc(Br)c(Nc3c(F)cccc3NS(C)(=O)=O)n2)c(Cl)cc1N1CCC(N2CCCC(N(C)C)C2)CC1. The van der Waals surface area contributed by atoms with Crippen LogP contribution in [0, 0.1) is 12.7 Å². The van der Waals surface area contributed by atoms with Crippen molar-refractivity contribution in [3.05, 3.63) is 57.4 Å². The molecule has 1 unspecified atom stereocenters. The lowest BCUT2D eigenvalue weighted by molar-refractivity contribution is 0.0846. The van der Waals surface area contributed by atoms with Crippen LogP contribution in [0.1, 0.15) is 31.2 Å². The lowest BCUT2D eigenvalue weighted by Gasteiger charge is -2.44. The van der Waals surface area contributed by atoms with Gasteiger partial charge in [-0.2, -0.15) is 4.98 Å². The maximum atomic E-state index is 14.7. The average molecular weight is 710 g/mol. The Balaban J connectivity index is 1.28. The molecule has 2 aliphatic rings. The van der Waals surface area contributed by atoms with E-state index in [2.05, 4.69) is 77.0 Å². The number of sulfonamides is 1. The molecule has 2 fully saturated rings. The third kappa shape index (κ3) is 7.92. The van der Waals surface area contributed by atoms with E-state index < -0.39 is 15.8 Å². The number of para-hydroxylation sites is 1. The summed E-state index contributed by atoms with van der Waals surface area (Å²) >= 11 is 10.2. The molecule has 2 aromatic carbocycles. The summed E-state index contributed by atoms with van der Waals surface area (Å²) in [6.07, 6.45) is 7.31. The zero-order valence-corrected chi connectivity index (χ0v) is 28.5. The largest absolute Gasteiger partial charge is 0.371 e. The Morgan fingerprint density at radius 2 is 1.84 bits per heavy atom. The van der Waals surface area contributed by atoms with Crippen LogP contribution in [0.4, 0.5) is 38.9 Å². The summed E-state index contributed by atoms with van der Waals surface area (Å²) in [5.74, 6) is -0.176. The van der Waals surface area contributed by atoms with Gasteiger partial charge in [0.1, 0.15) is 11.5 Å². The highest BCUT2D eigenvalue weighted by Gasteiger charge is 2.30. The first kappa shape index (κ1) is 32.7. The topological polar surface area (TPSA) is 106 Å². The second kappa shape index (κ2) is 13.7. The molecule has 2 saturated heterocycles. The van der Waals surface area contributed by atoms with E-state index in [0.717, 1.165) is 50.0 Å². The van der Waals surface area contributed by atoms with E-state index in [9.17, 15) is 12.8 Å². The van der Waals surface area contributed by atoms with Crippen LogP contribution in [-0.4, -0.2) is 86.8 Å². The molecule has 0 bridgehead atoms. The second-order valence-electron chi connectivity index (χ2n) is 11.8. The van der Waals surface area contributed by atoms with Crippen molar-refractivity contribution in [2.45, 2.75) is 44.7 Å². The monoisotopic (exact) mass is 708 g/mol. The highest BCUT2D eigenvalue weighted by molar-refractivity contribution is 9.10. The molecular formula is C30H39BrClFN8O2S. The Labute approximate surface area is 272 Å². The van der Waals surface area contributed by atoms with Crippen LogP contribution in [-0.2, 0) is 10.0 Å². The highest BCUT2D eigenvalue weighted by atomic mass is 79.9. The first-order valence-electron chi connectivity index (χ1n) is 14.7. The number of halogens is 3. The molecule has 1 aromatic heterocycles. The van der Waals surface area contributed by atoms with Gasteiger partial charge in [-0.25, -0.2) is 17.8 Å². The van der Waals surface area contributed by atoms with E-state index in [1.165, 1.54) is 43.8 Å². The van der Waals surface area contributed by atoms with Crippen molar-refractivity contribution in [1.82, 2.24) is 19.8 Å². The summed E-state index contributed by atoms with van der Waals surface area (Å²) in [6, 6.07) is 9.33. The molecule has 0 spiro atoms. The van der Waals surface area contributed by atoms with Crippen LogP contribution in [0.25, 0.3) is 0 Å². The zero-order valence-electron chi connectivity index (χ0n) is 25.4. The van der Waals surface area contributed by atoms with Gasteiger partial charge in [0.25, 0.3) is 0 Å². The molecule has 5 rings (SSSR count). The van der Waals surface area contributed by atoms with Crippen LogP contribution >= 0.6 is 27.5 Å². The predicted octanol–water partition coefficient (Wildman–Crippen LogP) is 6.19. The fraction of sp³-hybridized carbons (Fsp3) is 0.467. The van der Waals surface area contributed by atoms with Crippen LogP contribution in [0.3, 0.4) is 0 Å². The van der Waals surface area contributed by atoms with Gasteiger partial charge >= 0.3 is 0 Å². The minimum Gasteiger partial charge on any atom is -0.371 e. The minimum absolute atomic E-state index is 0.0551. The number of aryl methyl sites for hydroxylation is 1. The molecule has 44 heavy (non-hydrogen) atoms. The highest BCUT2D eigenvalue weighted by Crippen LogP contribution is 2.36. The summed E-state index contributed by atoms with van der Waals surface area (Å²) in [4.78, 5) is 16.3. The first-order chi connectivity index (χ1) is 20.9. The molecule has 0 radical (unpaired) electrons. The predicted molar refractivity (Wildman–Crippen MR) is 181 cm³/mol. The third-order valence-corrected chi connectivity index (χ3v) is 9.79. The van der Waals surface area contributed by atoms with Crippen molar-refractivity contribution < 1.29 is 12.8 Å². The molecule has 14 heteroatoms. The van der Waals surface area contributed by atoms with E-state index >= 15 is 0 Å². The van der Waals surface area contributed by atoms with Gasteiger partial charge in [-0.3, -0.25) is 9.62 Å². The first-order valence-corrected chi connectivity index (χ1v) is 17.7. The van der Waals surface area contributed by atoms with Crippen molar-refractivity contribution in [2.24, 2.45) is 0 Å². The lowest BCUT2D eigenvalue weighted by atomic mass is 9.97. The van der Waals surface area contributed by atoms with Gasteiger partial charge in [-0.1, -0.05) is 17.7 Å². The molecule has 3 N–H and O–H groups in total. The maximum Gasteiger partial charge on any atom is 0.229 e. The molecule has 238 valence electrons. The van der Waals surface area contributed by atoms with Crippen molar-refractivity contribution >= 4 is 72.1 Å². The van der Waals surface area contributed by atoms with Crippen LogP contribution < -0.4 is 20.3 Å². The molecule has 0 amide bonds. The molecule has 3 aromatic rings. The number of piperidine rings is 2. The number of hydrogen-bond acceptors (Lipinski definition) is 9. The van der Waals surface area contributed by atoms with E-state index in [-0.39, 0.29) is 23.1 Å². The van der Waals surface area contributed by atoms with Crippen molar-refractivity contribution in [3.63, 3.8) is 0 Å². The van der Waals surface area contributed by atoms with Crippen molar-refractivity contribution in [1.29, 1.82) is 0 Å². The number of nitrogens with one attached hydrogen (secondary N) is 3. The summed E-state index contributed by atoms with van der Waals surface area (Å²) < 4.78 is 41.1. The Morgan fingerprint density at radius 3 is 2.55 bits per heavy atom. The summed E-state index contributed by atoms with van der Waals surface area (Å²) in [6.45, 7) is 6.37. The van der Waals surface area contributed by atoms with Gasteiger partial charge < -0.3 is 20.4 Å². The molecule has 3 heterocycles. The van der Waals surface area contributed by atoms with Gasteiger partial charge in [0.05, 0.1) is 27.1 Å². The Kier molecular flexibility index (Phi) is 10.2. The summed E-state index contributed by atoms with van der Waals surface area (Å²) in [5, 5.41) is 6.60. The normalized spacial score (nSPS) is 18.5. The number of rotatable bonds is 9. The minimum atomic E-state index is -3.64. The molecule has 0 aliphatic carbocycles. The van der Waals surface area contributed by atoms with Gasteiger partial charge in [0.2, 0.25) is 16.0 Å². The van der Waals surface area contributed by atoms with Crippen LogP contribution in [0.2, 0.25) is 5.02 Å². The molecular weight excluding hydrogens is 671 g/mol. The maximum absolute atomic E-state index is 14.7. The Bertz CT molecular complexity index is 1600. The smallest absolute Gasteiger partial charge is 0.229 e. The number of likely N-dealkylation sites (tertiary alicyclic amines) is 1. The quantitative estimate of drug-likeness (QED) is 0.240. The second-order valence-corrected chi connectivity index (χ2v) is 14.8. The summed E-state index contributed by atoms with van der Waals surface area (Å²) in [5.41, 5.74) is 2.83. The number of benzene rings is 2. The fourth-order valence-corrected chi connectivity index (χ4v) is 7.07. The Hall–Kier alpha value is -2.71. The van der Waals surface area contributed by atoms with Crippen LogP contribution in [0.15, 0.2) is 41.0 Å². The van der Waals surface area contributed by atoms with E-state index in [0.29, 0.717) is 27.3 Å². The van der Waals surface area contributed by atoms with Gasteiger partial charge in [-0.15, -0.1) is 0 Å². The molecule has 1 atom stereocenters. The Morgan fingerprint density at radius 1 is 1.09 bits per heavy atom. The number of aromatic nitrogens is 2. The van der Waals surface area contributed by atoms with Crippen molar-refractivity contribution in [3.8, 4) is 0 Å². The van der Waals surface area contributed by atoms with Gasteiger partial charge in [0, 0.05) is 43.6 Å². The number of anilines is 6. The fourth-order valence-electron chi connectivity index (χ4n) is 6.01. The van der Waals surface area contributed by atoms with E-state index in [1.54, 1.807) is 0 Å². The van der Waals surface area contributed by atoms with Crippen LogP contribution in [0.5, 0.6) is 0 Å². The van der Waals surface area contributed by atoms with Gasteiger partial charge in [0.15, 0.2) is 5.82 Å². The van der Waals surface area contributed by atoms with Gasteiger partial charge in [-0.05, 0) is 99.0 Å². The molecule has 2 aliphatic heterocycles. The number of hydrogen-bond donors (Lipinski definition) is 3. The number of likely N-dealkylation sites (N-methyl/N-ethyl adjacent to an activating group) is 1. The van der Waals surface area contributed by atoms with E-state index in [4.69, 9.17) is 11.6 Å². The third-order valence-electron chi connectivity index (χ3n) is 8.31. The summed E-state index contributed by atoms with van der Waals surface area (Å²) in [7, 11) is 0.731. The van der Waals surface area contributed by atoms with Crippen molar-refractivity contribution in [2.75, 3.05) is 66.8 Å². The number of nitrogens with zero attached hydrogens (tertiary/aromatic N) is 5. The van der Waals surface area contributed by atoms with E-state index in [1.807, 2.05) is 12.1 Å². The molecule has 10 nitrogen and oxygen atoms in total.